The van der Waals surface area contributed by atoms with Gasteiger partial charge in [-0.3, -0.25) is 0 Å². The van der Waals surface area contributed by atoms with Gasteiger partial charge in [0, 0.05) is 29.0 Å². The van der Waals surface area contributed by atoms with Gasteiger partial charge in [0.15, 0.2) is 0 Å². The molecule has 0 saturated heterocycles. The van der Waals surface area contributed by atoms with Crippen molar-refractivity contribution in [1.82, 2.24) is 10.2 Å². The molecule has 0 fully saturated rings. The predicted octanol–water partition coefficient (Wildman–Crippen LogP) is 3.70. The lowest BCUT2D eigenvalue weighted by Gasteiger charge is -2.17. The zero-order chi connectivity index (χ0) is 12.0. The number of thiophene rings is 1. The first-order chi connectivity index (χ1) is 7.67. The Morgan fingerprint density at radius 2 is 2.00 bits per heavy atom. The van der Waals surface area contributed by atoms with Crippen LogP contribution in [0.25, 0.3) is 0 Å². The number of nitrogens with one attached hydrogen (secondary N) is 1. The first-order valence-electron chi connectivity index (χ1n) is 5.54. The third kappa shape index (κ3) is 4.84. The van der Waals surface area contributed by atoms with Gasteiger partial charge in [-0.15, -0.1) is 11.3 Å². The molecule has 0 aromatic carbocycles. The summed E-state index contributed by atoms with van der Waals surface area (Å²) < 4.78 is 2.33. The van der Waals surface area contributed by atoms with Crippen LogP contribution in [0.2, 0.25) is 0 Å². The molecule has 0 aliphatic rings. The molecule has 1 rings (SSSR count). The van der Waals surface area contributed by atoms with Crippen molar-refractivity contribution in [2.45, 2.75) is 20.4 Å². The molecular formula is C11H18Br2N2S. The van der Waals surface area contributed by atoms with Crippen molar-refractivity contribution in [2.24, 2.45) is 0 Å². The van der Waals surface area contributed by atoms with Crippen LogP contribution in [0.3, 0.4) is 0 Å². The van der Waals surface area contributed by atoms with E-state index >= 15 is 0 Å². The molecule has 0 radical (unpaired) electrons. The minimum absolute atomic E-state index is 0.954. The summed E-state index contributed by atoms with van der Waals surface area (Å²) in [6, 6.07) is 2.17. The molecule has 0 aliphatic heterocycles. The average Bonchev–Trinajstić information content (AvgIpc) is 2.59. The van der Waals surface area contributed by atoms with Crippen LogP contribution in [0.4, 0.5) is 0 Å². The van der Waals surface area contributed by atoms with Crippen molar-refractivity contribution >= 4 is 43.2 Å². The van der Waals surface area contributed by atoms with Crippen LogP contribution in [0, 0.1) is 0 Å². The van der Waals surface area contributed by atoms with E-state index in [2.05, 4.69) is 62.0 Å². The molecule has 1 aromatic heterocycles. The maximum Gasteiger partial charge on any atom is 0.0843 e. The summed E-state index contributed by atoms with van der Waals surface area (Å²) >= 11 is 8.78. The monoisotopic (exact) mass is 368 g/mol. The molecule has 1 aromatic rings. The lowest BCUT2D eigenvalue weighted by atomic mass is 10.4. The molecule has 0 spiro atoms. The van der Waals surface area contributed by atoms with Crippen LogP contribution >= 0.6 is 43.2 Å². The molecule has 1 N–H and O–H groups in total. The van der Waals surface area contributed by atoms with Gasteiger partial charge in [-0.25, -0.2) is 0 Å². The highest BCUT2D eigenvalue weighted by Gasteiger charge is 2.03. The zero-order valence-corrected chi connectivity index (χ0v) is 13.7. The Balaban J connectivity index is 2.20. The Morgan fingerprint density at radius 3 is 2.50 bits per heavy atom. The van der Waals surface area contributed by atoms with Gasteiger partial charge in [-0.2, -0.15) is 0 Å². The summed E-state index contributed by atoms with van der Waals surface area (Å²) in [5.41, 5.74) is 0. The van der Waals surface area contributed by atoms with E-state index in [1.807, 2.05) is 0 Å². The highest BCUT2D eigenvalue weighted by atomic mass is 79.9. The lowest BCUT2D eigenvalue weighted by Crippen LogP contribution is -2.31. The van der Waals surface area contributed by atoms with Crippen LogP contribution < -0.4 is 5.32 Å². The van der Waals surface area contributed by atoms with Crippen molar-refractivity contribution in [3.05, 3.63) is 19.2 Å². The van der Waals surface area contributed by atoms with Crippen molar-refractivity contribution in [3.8, 4) is 0 Å². The highest BCUT2D eigenvalue weighted by molar-refractivity contribution is 9.13. The average molecular weight is 370 g/mol. The summed E-state index contributed by atoms with van der Waals surface area (Å²) in [4.78, 5) is 3.78. The van der Waals surface area contributed by atoms with E-state index in [0.29, 0.717) is 0 Å². The summed E-state index contributed by atoms with van der Waals surface area (Å²) in [5, 5.41) is 3.47. The molecule has 1 heterocycles. The standard InChI is InChI=1S/C11H18Br2N2S/c1-3-15(4-2)6-5-14-8-9-7-10(12)11(13)16-9/h7,14H,3-6,8H2,1-2H3. The van der Waals surface area contributed by atoms with E-state index in [9.17, 15) is 0 Å². The Bertz CT molecular complexity index is 291. The molecule has 0 amide bonds. The van der Waals surface area contributed by atoms with E-state index in [0.717, 1.165) is 37.2 Å². The molecule has 92 valence electrons. The maximum absolute atomic E-state index is 3.51. The predicted molar refractivity (Wildman–Crippen MR) is 79.2 cm³/mol. The quantitative estimate of drug-likeness (QED) is 0.737. The molecule has 0 bridgehead atoms. The van der Waals surface area contributed by atoms with Crippen LogP contribution in [0.15, 0.2) is 14.3 Å². The molecule has 2 nitrogen and oxygen atoms in total. The van der Waals surface area contributed by atoms with Crippen molar-refractivity contribution in [3.63, 3.8) is 0 Å². The topological polar surface area (TPSA) is 15.3 Å². The second-order valence-corrected chi connectivity index (χ2v) is 6.85. The number of hydrogen-bond donors (Lipinski definition) is 1. The van der Waals surface area contributed by atoms with E-state index in [1.165, 1.54) is 8.66 Å². The molecule has 5 heteroatoms. The lowest BCUT2D eigenvalue weighted by molar-refractivity contribution is 0.302. The van der Waals surface area contributed by atoms with Gasteiger partial charge in [0.1, 0.15) is 0 Å². The van der Waals surface area contributed by atoms with Gasteiger partial charge in [0.2, 0.25) is 0 Å². The maximum atomic E-state index is 3.51. The smallest absolute Gasteiger partial charge is 0.0843 e. The number of halogens is 2. The summed E-state index contributed by atoms with van der Waals surface area (Å²) in [6.45, 7) is 9.81. The summed E-state index contributed by atoms with van der Waals surface area (Å²) in [5.74, 6) is 0. The third-order valence-corrected chi connectivity index (χ3v) is 5.75. The van der Waals surface area contributed by atoms with E-state index < -0.39 is 0 Å². The third-order valence-electron chi connectivity index (χ3n) is 2.49. The molecule has 16 heavy (non-hydrogen) atoms. The number of nitrogens with zero attached hydrogens (tertiary/aromatic N) is 1. The first kappa shape index (κ1) is 14.6. The number of rotatable bonds is 7. The first-order valence-corrected chi connectivity index (χ1v) is 7.94. The Hall–Kier alpha value is 0.580. The van der Waals surface area contributed by atoms with Gasteiger partial charge >= 0.3 is 0 Å². The largest absolute Gasteiger partial charge is 0.311 e. The highest BCUT2D eigenvalue weighted by Crippen LogP contribution is 2.32. The minimum Gasteiger partial charge on any atom is -0.311 e. The van der Waals surface area contributed by atoms with E-state index in [-0.39, 0.29) is 0 Å². The fourth-order valence-electron chi connectivity index (χ4n) is 1.47. The second kappa shape index (κ2) is 7.82. The zero-order valence-electron chi connectivity index (χ0n) is 9.72. The fraction of sp³-hybridized carbons (Fsp3) is 0.636. The molecule has 0 saturated carbocycles. The van der Waals surface area contributed by atoms with Gasteiger partial charge in [0.25, 0.3) is 0 Å². The Kier molecular flexibility index (Phi) is 7.16. The minimum atomic E-state index is 0.954. The normalized spacial score (nSPS) is 11.3. The van der Waals surface area contributed by atoms with Crippen molar-refractivity contribution < 1.29 is 0 Å². The summed E-state index contributed by atoms with van der Waals surface area (Å²) in [6.07, 6.45) is 0. The van der Waals surface area contributed by atoms with E-state index in [4.69, 9.17) is 0 Å². The fourth-order valence-corrected chi connectivity index (χ4v) is 3.61. The van der Waals surface area contributed by atoms with Gasteiger partial charge in [-0.1, -0.05) is 13.8 Å². The van der Waals surface area contributed by atoms with Gasteiger partial charge < -0.3 is 10.2 Å². The number of hydrogen-bond acceptors (Lipinski definition) is 3. The Morgan fingerprint density at radius 1 is 1.31 bits per heavy atom. The van der Waals surface area contributed by atoms with Gasteiger partial charge in [-0.05, 0) is 51.0 Å². The van der Waals surface area contributed by atoms with Crippen LogP contribution in [-0.4, -0.2) is 31.1 Å². The molecule has 0 unspecified atom stereocenters. The van der Waals surface area contributed by atoms with Gasteiger partial charge in [0.05, 0.1) is 3.79 Å². The summed E-state index contributed by atoms with van der Waals surface area (Å²) in [7, 11) is 0. The van der Waals surface area contributed by atoms with Crippen LogP contribution in [-0.2, 0) is 6.54 Å². The van der Waals surface area contributed by atoms with Crippen molar-refractivity contribution in [2.75, 3.05) is 26.2 Å². The number of likely N-dealkylation sites (N-methyl/N-ethyl adjacent to an activating group) is 1. The molecular weight excluding hydrogens is 352 g/mol. The second-order valence-electron chi connectivity index (χ2n) is 3.54. The molecule has 0 atom stereocenters. The Labute approximate surface area is 119 Å². The SMILES string of the molecule is CCN(CC)CCNCc1cc(Br)c(Br)s1. The van der Waals surface area contributed by atoms with Crippen LogP contribution in [0.1, 0.15) is 18.7 Å². The van der Waals surface area contributed by atoms with E-state index in [1.54, 1.807) is 11.3 Å². The molecule has 0 aliphatic carbocycles. The van der Waals surface area contributed by atoms with Crippen molar-refractivity contribution in [1.29, 1.82) is 0 Å². The van der Waals surface area contributed by atoms with Crippen LogP contribution in [0.5, 0.6) is 0 Å².